The molecule has 0 atom stereocenters. The van der Waals surface area contributed by atoms with Gasteiger partial charge in [0.25, 0.3) is 0 Å². The van der Waals surface area contributed by atoms with Gasteiger partial charge in [0, 0.05) is 21.4 Å². The van der Waals surface area contributed by atoms with E-state index in [1.165, 1.54) is 18.2 Å². The third-order valence-electron chi connectivity index (χ3n) is 3.84. The lowest BCUT2D eigenvalue weighted by molar-refractivity contribution is 0.103. The molecule has 5 heteroatoms. The summed E-state index contributed by atoms with van der Waals surface area (Å²) in [6.45, 7) is 0. The number of methoxy groups -OCH3 is 2. The van der Waals surface area contributed by atoms with E-state index >= 15 is 0 Å². The normalized spacial score (nSPS) is 10.6. The van der Waals surface area contributed by atoms with Gasteiger partial charge in [-0.05, 0) is 42.5 Å². The molecule has 0 aromatic heterocycles. The molecule has 0 aliphatic carbocycles. The third kappa shape index (κ3) is 2.76. The number of phenolic OH excluding ortho intramolecular Hbond substituents is 1. The smallest absolute Gasteiger partial charge is 0.196 e. The Morgan fingerprint density at radius 1 is 0.917 bits per heavy atom. The number of ketones is 1. The summed E-state index contributed by atoms with van der Waals surface area (Å²) in [6, 6.07) is 13.2. The summed E-state index contributed by atoms with van der Waals surface area (Å²) >= 11 is 5.93. The lowest BCUT2D eigenvalue weighted by Gasteiger charge is -2.11. The Morgan fingerprint density at radius 2 is 1.58 bits per heavy atom. The molecule has 122 valence electrons. The van der Waals surface area contributed by atoms with Crippen molar-refractivity contribution in [3.05, 3.63) is 64.7 Å². The molecule has 0 bridgehead atoms. The molecule has 0 aliphatic rings. The first kappa shape index (κ1) is 16.1. The predicted molar refractivity (Wildman–Crippen MR) is 93.6 cm³/mol. The second kappa shape index (κ2) is 6.42. The standard InChI is InChI=1S/C19H15ClO4/c1-23-17-7-8-18(24-2)14-9-11(3-5-13(14)17)19(22)15-10-12(20)4-6-16(15)21/h3-10,21H,1-2H3. The van der Waals surface area contributed by atoms with Gasteiger partial charge >= 0.3 is 0 Å². The van der Waals surface area contributed by atoms with Crippen LogP contribution in [0.25, 0.3) is 10.8 Å². The zero-order valence-electron chi connectivity index (χ0n) is 13.2. The summed E-state index contributed by atoms with van der Waals surface area (Å²) in [6.07, 6.45) is 0. The van der Waals surface area contributed by atoms with Crippen LogP contribution >= 0.6 is 11.6 Å². The largest absolute Gasteiger partial charge is 0.507 e. The fourth-order valence-electron chi connectivity index (χ4n) is 2.64. The van der Waals surface area contributed by atoms with Crippen LogP contribution in [0.1, 0.15) is 15.9 Å². The van der Waals surface area contributed by atoms with E-state index in [2.05, 4.69) is 0 Å². The lowest BCUT2D eigenvalue weighted by Crippen LogP contribution is -2.02. The van der Waals surface area contributed by atoms with Crippen LogP contribution < -0.4 is 9.47 Å². The van der Waals surface area contributed by atoms with Crippen molar-refractivity contribution in [1.82, 2.24) is 0 Å². The molecule has 0 radical (unpaired) electrons. The molecule has 3 aromatic rings. The lowest BCUT2D eigenvalue weighted by atomic mass is 9.98. The molecule has 0 saturated carbocycles. The van der Waals surface area contributed by atoms with Crippen molar-refractivity contribution in [2.24, 2.45) is 0 Å². The summed E-state index contributed by atoms with van der Waals surface area (Å²) < 4.78 is 10.7. The van der Waals surface area contributed by atoms with E-state index in [9.17, 15) is 9.90 Å². The summed E-state index contributed by atoms with van der Waals surface area (Å²) in [7, 11) is 3.16. The van der Waals surface area contributed by atoms with E-state index < -0.39 is 0 Å². The minimum atomic E-state index is -0.318. The number of aromatic hydroxyl groups is 1. The number of fused-ring (bicyclic) bond motifs is 1. The Morgan fingerprint density at radius 3 is 2.25 bits per heavy atom. The number of halogens is 1. The second-order valence-electron chi connectivity index (χ2n) is 5.22. The molecule has 0 unspecified atom stereocenters. The van der Waals surface area contributed by atoms with Gasteiger partial charge in [0.2, 0.25) is 0 Å². The third-order valence-corrected chi connectivity index (χ3v) is 4.08. The van der Waals surface area contributed by atoms with Crippen molar-refractivity contribution >= 4 is 28.2 Å². The van der Waals surface area contributed by atoms with Crippen LogP contribution in [-0.4, -0.2) is 25.1 Å². The van der Waals surface area contributed by atoms with E-state index in [1.54, 1.807) is 38.5 Å². The summed E-state index contributed by atoms with van der Waals surface area (Å²) in [5, 5.41) is 11.9. The molecule has 3 rings (SSSR count). The van der Waals surface area contributed by atoms with Crippen molar-refractivity contribution in [3.63, 3.8) is 0 Å². The number of rotatable bonds is 4. The van der Waals surface area contributed by atoms with Gasteiger partial charge in [0.15, 0.2) is 5.78 Å². The second-order valence-corrected chi connectivity index (χ2v) is 5.66. The molecule has 24 heavy (non-hydrogen) atoms. The zero-order chi connectivity index (χ0) is 17.3. The average Bonchev–Trinajstić information content (AvgIpc) is 2.61. The number of phenols is 1. The zero-order valence-corrected chi connectivity index (χ0v) is 13.9. The van der Waals surface area contributed by atoms with Gasteiger partial charge < -0.3 is 14.6 Å². The van der Waals surface area contributed by atoms with Crippen molar-refractivity contribution in [1.29, 1.82) is 0 Å². The molecule has 0 amide bonds. The molecule has 4 nitrogen and oxygen atoms in total. The number of carbonyl (C=O) groups is 1. The van der Waals surface area contributed by atoms with Crippen molar-refractivity contribution < 1.29 is 19.4 Å². The molecule has 1 N–H and O–H groups in total. The van der Waals surface area contributed by atoms with E-state index in [1.807, 2.05) is 6.07 Å². The highest BCUT2D eigenvalue weighted by Gasteiger charge is 2.16. The number of hydrogen-bond donors (Lipinski definition) is 1. The van der Waals surface area contributed by atoms with Gasteiger partial charge in [-0.15, -0.1) is 0 Å². The summed E-state index contributed by atoms with van der Waals surface area (Å²) in [4.78, 5) is 12.7. The molecular formula is C19H15ClO4. The Hall–Kier alpha value is -2.72. The number of hydrogen-bond acceptors (Lipinski definition) is 4. The highest BCUT2D eigenvalue weighted by atomic mass is 35.5. The van der Waals surface area contributed by atoms with Crippen LogP contribution in [0.4, 0.5) is 0 Å². The topological polar surface area (TPSA) is 55.8 Å². The van der Waals surface area contributed by atoms with E-state index in [-0.39, 0.29) is 17.1 Å². The first-order chi connectivity index (χ1) is 11.5. The maximum Gasteiger partial charge on any atom is 0.196 e. The fourth-order valence-corrected chi connectivity index (χ4v) is 2.81. The molecule has 0 fully saturated rings. The van der Waals surface area contributed by atoms with Gasteiger partial charge in [-0.3, -0.25) is 4.79 Å². The van der Waals surface area contributed by atoms with Crippen LogP contribution in [0, 0.1) is 0 Å². The highest BCUT2D eigenvalue weighted by molar-refractivity contribution is 6.31. The maximum atomic E-state index is 12.7. The average molecular weight is 343 g/mol. The van der Waals surface area contributed by atoms with Gasteiger partial charge in [0.1, 0.15) is 17.2 Å². The molecule has 0 heterocycles. The van der Waals surface area contributed by atoms with Crippen LogP contribution in [0.2, 0.25) is 5.02 Å². The molecular weight excluding hydrogens is 328 g/mol. The van der Waals surface area contributed by atoms with E-state index in [4.69, 9.17) is 21.1 Å². The minimum absolute atomic E-state index is 0.109. The van der Waals surface area contributed by atoms with Crippen LogP contribution in [-0.2, 0) is 0 Å². The Kier molecular flexibility index (Phi) is 4.32. The van der Waals surface area contributed by atoms with Crippen LogP contribution in [0.15, 0.2) is 48.5 Å². The summed E-state index contributed by atoms with van der Waals surface area (Å²) in [5.74, 6) is 0.898. The SMILES string of the molecule is COc1ccc(OC)c2cc(C(=O)c3cc(Cl)ccc3O)ccc12. The van der Waals surface area contributed by atoms with Crippen molar-refractivity contribution in [3.8, 4) is 17.2 Å². The highest BCUT2D eigenvalue weighted by Crippen LogP contribution is 2.34. The predicted octanol–water partition coefficient (Wildman–Crippen LogP) is 4.45. The molecule has 3 aromatic carbocycles. The number of ether oxygens (including phenoxy) is 2. The fraction of sp³-hybridized carbons (Fsp3) is 0.105. The molecule has 0 saturated heterocycles. The summed E-state index contributed by atoms with van der Waals surface area (Å²) in [5.41, 5.74) is 0.579. The van der Waals surface area contributed by atoms with Gasteiger partial charge in [-0.25, -0.2) is 0 Å². The molecule has 0 aliphatic heterocycles. The number of carbonyl (C=O) groups excluding carboxylic acids is 1. The Bertz CT molecular complexity index is 934. The van der Waals surface area contributed by atoms with Gasteiger partial charge in [0.05, 0.1) is 19.8 Å². The van der Waals surface area contributed by atoms with Crippen LogP contribution in [0.5, 0.6) is 17.2 Å². The van der Waals surface area contributed by atoms with Gasteiger partial charge in [-0.2, -0.15) is 0 Å². The Balaban J connectivity index is 2.17. The Labute approximate surface area is 144 Å². The maximum absolute atomic E-state index is 12.7. The number of benzene rings is 3. The minimum Gasteiger partial charge on any atom is -0.507 e. The van der Waals surface area contributed by atoms with Gasteiger partial charge in [-0.1, -0.05) is 17.7 Å². The first-order valence-electron chi connectivity index (χ1n) is 7.23. The van der Waals surface area contributed by atoms with Crippen molar-refractivity contribution in [2.75, 3.05) is 14.2 Å². The van der Waals surface area contributed by atoms with Crippen molar-refractivity contribution in [2.45, 2.75) is 0 Å². The van der Waals surface area contributed by atoms with Crippen LogP contribution in [0.3, 0.4) is 0 Å². The quantitative estimate of drug-likeness (QED) is 0.712. The van der Waals surface area contributed by atoms with E-state index in [0.717, 1.165) is 10.8 Å². The molecule has 0 spiro atoms. The van der Waals surface area contributed by atoms with E-state index in [0.29, 0.717) is 22.1 Å². The first-order valence-corrected chi connectivity index (χ1v) is 7.61. The monoisotopic (exact) mass is 342 g/mol.